The molecular formula is C7H11O3P. The minimum absolute atomic E-state index is 0.0266. The van der Waals surface area contributed by atoms with Crippen molar-refractivity contribution in [3.63, 3.8) is 0 Å². The van der Waals surface area contributed by atoms with E-state index in [1.54, 1.807) is 0 Å². The molecule has 4 bridgehead atoms. The monoisotopic (exact) mass is 174 g/mol. The van der Waals surface area contributed by atoms with Gasteiger partial charge in [0.15, 0.2) is 12.6 Å². The molecule has 4 aliphatic heterocycles. The van der Waals surface area contributed by atoms with Gasteiger partial charge in [0.05, 0.1) is 11.2 Å². The Labute approximate surface area is 67.2 Å². The molecule has 0 aromatic carbocycles. The highest BCUT2D eigenvalue weighted by Gasteiger charge is 2.51. The summed E-state index contributed by atoms with van der Waals surface area (Å²) in [6.07, 6.45) is 1.90. The van der Waals surface area contributed by atoms with Gasteiger partial charge >= 0.3 is 0 Å². The van der Waals surface area contributed by atoms with Crippen molar-refractivity contribution in [2.75, 3.05) is 0 Å². The lowest BCUT2D eigenvalue weighted by Gasteiger charge is -2.54. The fraction of sp³-hybridized carbons (Fsp3) is 1.00. The molecule has 4 aliphatic rings. The molecule has 5 unspecified atom stereocenters. The zero-order valence-corrected chi connectivity index (χ0v) is 7.37. The van der Waals surface area contributed by atoms with Gasteiger partial charge in [0, 0.05) is 12.8 Å². The summed E-state index contributed by atoms with van der Waals surface area (Å²) in [4.78, 5) is 0. The summed E-state index contributed by atoms with van der Waals surface area (Å²) >= 11 is 0. The van der Waals surface area contributed by atoms with Gasteiger partial charge in [0.1, 0.15) is 0 Å². The highest BCUT2D eigenvalue weighted by atomic mass is 31.1. The lowest BCUT2D eigenvalue weighted by atomic mass is 10.2. The van der Waals surface area contributed by atoms with E-state index < -0.39 is 0 Å². The first-order chi connectivity index (χ1) is 5.23. The number of rotatable bonds is 0. The summed E-state index contributed by atoms with van der Waals surface area (Å²) in [6, 6.07) is 0. The number of hydrogen-bond acceptors (Lipinski definition) is 3. The number of hydrogen-bond donors (Lipinski definition) is 0. The fourth-order valence-corrected chi connectivity index (χ4v) is 3.72. The summed E-state index contributed by atoms with van der Waals surface area (Å²) in [6.45, 7) is 2.17. The average Bonchev–Trinajstić information content (AvgIpc) is 1.79. The van der Waals surface area contributed by atoms with Crippen molar-refractivity contribution in [2.24, 2.45) is 0 Å². The van der Waals surface area contributed by atoms with Gasteiger partial charge in [-0.15, -0.1) is 0 Å². The Morgan fingerprint density at radius 1 is 1.36 bits per heavy atom. The minimum Gasteiger partial charge on any atom is -0.345 e. The maximum atomic E-state index is 5.72. The zero-order chi connectivity index (χ0) is 7.47. The third-order valence-corrected chi connectivity index (χ3v) is 4.07. The Hall–Kier alpha value is 0.310. The minimum atomic E-state index is 0.0266. The highest BCUT2D eigenvalue weighted by molar-refractivity contribution is 7.40. The first-order valence-corrected chi connectivity index (χ1v) is 5.08. The first-order valence-electron chi connectivity index (χ1n) is 4.00. The van der Waals surface area contributed by atoms with Crippen LogP contribution in [0.1, 0.15) is 19.8 Å². The smallest absolute Gasteiger partial charge is 0.164 e. The molecule has 0 radical (unpaired) electrons. The molecular weight excluding hydrogens is 163 g/mol. The van der Waals surface area contributed by atoms with E-state index in [0.717, 1.165) is 21.4 Å². The van der Waals surface area contributed by atoms with Gasteiger partial charge in [-0.05, 0) is 6.92 Å². The van der Waals surface area contributed by atoms with Crippen molar-refractivity contribution < 1.29 is 14.2 Å². The largest absolute Gasteiger partial charge is 0.345 e. The van der Waals surface area contributed by atoms with Crippen LogP contribution in [0.3, 0.4) is 0 Å². The Morgan fingerprint density at radius 3 is 2.91 bits per heavy atom. The third-order valence-electron chi connectivity index (χ3n) is 2.44. The predicted octanol–water partition coefficient (Wildman–Crippen LogP) is 1.23. The summed E-state index contributed by atoms with van der Waals surface area (Å²) < 4.78 is 16.8. The van der Waals surface area contributed by atoms with E-state index in [4.69, 9.17) is 14.2 Å². The Kier molecular flexibility index (Phi) is 1.21. The van der Waals surface area contributed by atoms with Crippen LogP contribution < -0.4 is 0 Å². The average molecular weight is 174 g/mol. The third kappa shape index (κ3) is 0.955. The van der Waals surface area contributed by atoms with Gasteiger partial charge < -0.3 is 14.2 Å². The van der Waals surface area contributed by atoms with Crippen LogP contribution in [0, 0.1) is 0 Å². The van der Waals surface area contributed by atoms with Crippen LogP contribution in [0.25, 0.3) is 0 Å². The van der Waals surface area contributed by atoms with Crippen LogP contribution in [0.15, 0.2) is 0 Å². The molecule has 0 aliphatic carbocycles. The predicted molar refractivity (Wildman–Crippen MR) is 40.6 cm³/mol. The highest BCUT2D eigenvalue weighted by Crippen LogP contribution is 2.55. The number of ether oxygens (including phenoxy) is 3. The van der Waals surface area contributed by atoms with E-state index in [-0.39, 0.29) is 17.9 Å². The van der Waals surface area contributed by atoms with E-state index >= 15 is 0 Å². The lowest BCUT2D eigenvalue weighted by molar-refractivity contribution is -0.363. The molecule has 4 heteroatoms. The molecule has 0 N–H and O–H groups in total. The second-order valence-corrected chi connectivity index (χ2v) is 5.54. The molecule has 0 spiro atoms. The molecule has 4 saturated heterocycles. The van der Waals surface area contributed by atoms with Crippen LogP contribution in [0.5, 0.6) is 0 Å². The van der Waals surface area contributed by atoms with Crippen molar-refractivity contribution in [2.45, 2.75) is 43.5 Å². The van der Waals surface area contributed by atoms with Crippen LogP contribution in [0.4, 0.5) is 0 Å². The van der Waals surface area contributed by atoms with E-state index in [0.29, 0.717) is 5.85 Å². The van der Waals surface area contributed by atoms with Gasteiger partial charge in [-0.25, -0.2) is 0 Å². The van der Waals surface area contributed by atoms with Crippen molar-refractivity contribution in [3.05, 3.63) is 0 Å². The van der Waals surface area contributed by atoms with Crippen molar-refractivity contribution in [3.8, 4) is 0 Å². The van der Waals surface area contributed by atoms with E-state index in [2.05, 4.69) is 6.92 Å². The second kappa shape index (κ2) is 1.97. The van der Waals surface area contributed by atoms with Gasteiger partial charge in [-0.2, -0.15) is 0 Å². The first kappa shape index (κ1) is 6.79. The van der Waals surface area contributed by atoms with Crippen LogP contribution >= 0.6 is 8.58 Å². The van der Waals surface area contributed by atoms with Crippen molar-refractivity contribution in [1.29, 1.82) is 0 Å². The fourth-order valence-electron chi connectivity index (χ4n) is 2.03. The SMILES string of the molecule is CC12CC3OC(CC(O3)P1)O2. The standard InChI is InChI=1S/C7H11O3P/c1-7-3-5-8-4(10-7)2-6(9-5)11-7/h4-6,11H,2-3H2,1H3. The molecule has 0 aromatic rings. The Morgan fingerprint density at radius 2 is 2.27 bits per heavy atom. The summed E-state index contributed by atoms with van der Waals surface area (Å²) in [5.74, 6) is 0.422. The lowest BCUT2D eigenvalue weighted by Crippen LogP contribution is -2.55. The Balaban J connectivity index is 1.94. The molecule has 3 nitrogen and oxygen atoms in total. The zero-order valence-electron chi connectivity index (χ0n) is 6.37. The van der Waals surface area contributed by atoms with Gasteiger partial charge in [0.2, 0.25) is 0 Å². The van der Waals surface area contributed by atoms with Crippen LogP contribution in [0.2, 0.25) is 0 Å². The van der Waals surface area contributed by atoms with Crippen molar-refractivity contribution in [1.82, 2.24) is 0 Å². The molecule has 5 atom stereocenters. The molecule has 4 fully saturated rings. The Bertz CT molecular complexity index is 159. The van der Waals surface area contributed by atoms with E-state index in [9.17, 15) is 0 Å². The van der Waals surface area contributed by atoms with Gasteiger partial charge in [-0.1, -0.05) is 8.58 Å². The van der Waals surface area contributed by atoms with Crippen molar-refractivity contribution >= 4 is 8.58 Å². The van der Waals surface area contributed by atoms with E-state index in [1.165, 1.54) is 0 Å². The molecule has 0 aromatic heterocycles. The summed E-state index contributed by atoms with van der Waals surface area (Å²) in [5, 5.41) is 0.0781. The summed E-state index contributed by atoms with van der Waals surface area (Å²) in [5.41, 5.74) is 0. The quantitative estimate of drug-likeness (QED) is 0.517. The molecule has 11 heavy (non-hydrogen) atoms. The summed E-state index contributed by atoms with van der Waals surface area (Å²) in [7, 11) is 0.798. The molecule has 62 valence electrons. The maximum absolute atomic E-state index is 5.72. The second-order valence-electron chi connectivity index (χ2n) is 3.55. The molecule has 4 rings (SSSR count). The normalized spacial score (nSPS) is 62.5. The molecule has 0 saturated carbocycles. The van der Waals surface area contributed by atoms with Crippen LogP contribution in [-0.2, 0) is 14.2 Å². The van der Waals surface area contributed by atoms with Gasteiger partial charge in [-0.3, -0.25) is 0 Å². The van der Waals surface area contributed by atoms with E-state index in [1.807, 2.05) is 0 Å². The van der Waals surface area contributed by atoms with Gasteiger partial charge in [0.25, 0.3) is 0 Å². The molecule has 0 amide bonds. The van der Waals surface area contributed by atoms with Crippen LogP contribution in [-0.4, -0.2) is 23.8 Å². The molecule has 4 heterocycles. The topological polar surface area (TPSA) is 27.7 Å². The maximum Gasteiger partial charge on any atom is 0.164 e.